The van der Waals surface area contributed by atoms with E-state index in [1.54, 1.807) is 12.1 Å². The van der Waals surface area contributed by atoms with Crippen LogP contribution in [-0.4, -0.2) is 21.6 Å². The first-order chi connectivity index (χ1) is 12.7. The van der Waals surface area contributed by atoms with Gasteiger partial charge in [0, 0.05) is 30.7 Å². The van der Waals surface area contributed by atoms with Gasteiger partial charge in [-0.15, -0.1) is 0 Å². The molecule has 7 nitrogen and oxygen atoms in total. The van der Waals surface area contributed by atoms with Crippen LogP contribution in [0.15, 0.2) is 53.1 Å². The van der Waals surface area contributed by atoms with E-state index in [-0.39, 0.29) is 10.6 Å². The molecule has 0 unspecified atom stereocenters. The number of benzene rings is 2. The summed E-state index contributed by atoms with van der Waals surface area (Å²) in [4.78, 5) is 14.7. The third kappa shape index (κ3) is 4.52. The zero-order valence-corrected chi connectivity index (χ0v) is 14.5. The van der Waals surface area contributed by atoms with Gasteiger partial charge in [-0.05, 0) is 36.2 Å². The van der Waals surface area contributed by atoms with Gasteiger partial charge in [0.1, 0.15) is 0 Å². The van der Waals surface area contributed by atoms with E-state index in [2.05, 4.69) is 15.5 Å². The minimum absolute atomic E-state index is 0.118. The van der Waals surface area contributed by atoms with Crippen LogP contribution in [0, 0.1) is 10.1 Å². The number of aryl methyl sites for hydroxylation is 1. The number of nitro benzene ring substituents is 1. The number of nitrogens with one attached hydrogen (secondary N) is 1. The van der Waals surface area contributed by atoms with Crippen LogP contribution in [0.4, 0.5) is 5.69 Å². The Morgan fingerprint density at radius 3 is 2.65 bits per heavy atom. The van der Waals surface area contributed by atoms with Crippen molar-refractivity contribution < 1.29 is 9.45 Å². The van der Waals surface area contributed by atoms with Gasteiger partial charge in [-0.3, -0.25) is 10.1 Å². The predicted molar refractivity (Wildman–Crippen MR) is 97.6 cm³/mol. The fourth-order valence-corrected chi connectivity index (χ4v) is 2.57. The third-order valence-corrected chi connectivity index (χ3v) is 4.03. The Balaban J connectivity index is 1.49. The van der Waals surface area contributed by atoms with Crippen molar-refractivity contribution in [3.63, 3.8) is 0 Å². The summed E-state index contributed by atoms with van der Waals surface area (Å²) >= 11 is 0. The Morgan fingerprint density at radius 2 is 1.96 bits per heavy atom. The predicted octanol–water partition coefficient (Wildman–Crippen LogP) is 3.54. The lowest BCUT2D eigenvalue weighted by Crippen LogP contribution is -2.16. The van der Waals surface area contributed by atoms with E-state index in [0.717, 1.165) is 30.5 Å². The van der Waals surface area contributed by atoms with E-state index in [4.69, 9.17) is 4.52 Å². The maximum absolute atomic E-state index is 10.8. The second-order valence-electron chi connectivity index (χ2n) is 5.92. The van der Waals surface area contributed by atoms with Gasteiger partial charge in [-0.2, -0.15) is 4.98 Å². The smallest absolute Gasteiger partial charge is 0.269 e. The molecule has 26 heavy (non-hydrogen) atoms. The highest BCUT2D eigenvalue weighted by Gasteiger charge is 2.07. The molecule has 1 heterocycles. The van der Waals surface area contributed by atoms with Crippen LogP contribution >= 0.6 is 0 Å². The van der Waals surface area contributed by atoms with E-state index < -0.39 is 0 Å². The maximum Gasteiger partial charge on any atom is 0.269 e. The molecule has 0 fully saturated rings. The number of hydrogen-bond donors (Lipinski definition) is 1. The molecule has 0 amide bonds. The van der Waals surface area contributed by atoms with Crippen LogP contribution in [-0.2, 0) is 19.4 Å². The molecule has 1 N–H and O–H groups in total. The molecule has 0 saturated carbocycles. The Hall–Kier alpha value is -3.06. The van der Waals surface area contributed by atoms with Gasteiger partial charge >= 0.3 is 0 Å². The summed E-state index contributed by atoms with van der Waals surface area (Å²) in [5.41, 5.74) is 3.12. The van der Waals surface area contributed by atoms with E-state index in [0.29, 0.717) is 18.3 Å². The molecule has 0 radical (unpaired) electrons. The van der Waals surface area contributed by atoms with Crippen molar-refractivity contribution in [1.82, 2.24) is 15.5 Å². The van der Waals surface area contributed by atoms with Crippen LogP contribution in [0.25, 0.3) is 11.5 Å². The Labute approximate surface area is 151 Å². The van der Waals surface area contributed by atoms with Crippen molar-refractivity contribution in [3.05, 3.63) is 75.6 Å². The van der Waals surface area contributed by atoms with Crippen molar-refractivity contribution in [1.29, 1.82) is 0 Å². The Morgan fingerprint density at radius 1 is 1.15 bits per heavy atom. The van der Waals surface area contributed by atoms with Gasteiger partial charge in [-0.1, -0.05) is 36.3 Å². The summed E-state index contributed by atoms with van der Waals surface area (Å²) < 4.78 is 5.23. The summed E-state index contributed by atoms with van der Waals surface area (Å²) in [7, 11) is 0. The van der Waals surface area contributed by atoms with Gasteiger partial charge in [0.25, 0.3) is 11.6 Å². The normalized spacial score (nSPS) is 10.8. The minimum Gasteiger partial charge on any atom is -0.334 e. The highest BCUT2D eigenvalue weighted by atomic mass is 16.6. The quantitative estimate of drug-likeness (QED) is 0.378. The van der Waals surface area contributed by atoms with Crippen molar-refractivity contribution in [2.75, 3.05) is 6.54 Å². The molecule has 0 spiro atoms. The van der Waals surface area contributed by atoms with Crippen molar-refractivity contribution in [2.45, 2.75) is 26.3 Å². The summed E-state index contributed by atoms with van der Waals surface area (Å²) in [6, 6.07) is 14.7. The molecule has 3 rings (SSSR count). The molecule has 1 aromatic heterocycles. The number of aromatic nitrogens is 2. The van der Waals surface area contributed by atoms with Crippen LogP contribution in [0.3, 0.4) is 0 Å². The summed E-state index contributed by atoms with van der Waals surface area (Å²) in [5.74, 6) is 1.24. The SMILES string of the molecule is CCc1noc(-c2ccc(CCNCc3cccc([N+](=O)[O-])c3)cc2)n1. The maximum atomic E-state index is 10.8. The Bertz CT molecular complexity index is 875. The molecule has 3 aromatic rings. The van der Waals surface area contributed by atoms with E-state index in [1.165, 1.54) is 11.6 Å². The fourth-order valence-electron chi connectivity index (χ4n) is 2.57. The third-order valence-electron chi connectivity index (χ3n) is 4.03. The molecule has 134 valence electrons. The number of nitrogens with zero attached hydrogens (tertiary/aromatic N) is 3. The highest BCUT2D eigenvalue weighted by Crippen LogP contribution is 2.18. The molecule has 0 bridgehead atoms. The van der Waals surface area contributed by atoms with Gasteiger partial charge in [-0.25, -0.2) is 0 Å². The summed E-state index contributed by atoms with van der Waals surface area (Å²) in [6.45, 7) is 3.36. The Kier molecular flexibility index (Phi) is 5.70. The lowest BCUT2D eigenvalue weighted by molar-refractivity contribution is -0.384. The molecule has 0 aliphatic rings. The molecule has 0 aliphatic carbocycles. The first-order valence-electron chi connectivity index (χ1n) is 8.51. The van der Waals surface area contributed by atoms with Gasteiger partial charge < -0.3 is 9.84 Å². The molecular weight excluding hydrogens is 332 g/mol. The minimum atomic E-state index is -0.377. The number of rotatable bonds is 8. The van der Waals surface area contributed by atoms with Crippen LogP contribution in [0.5, 0.6) is 0 Å². The molecular formula is C19H20N4O3. The van der Waals surface area contributed by atoms with Gasteiger partial charge in [0.05, 0.1) is 4.92 Å². The highest BCUT2D eigenvalue weighted by molar-refractivity contribution is 5.53. The topological polar surface area (TPSA) is 94.1 Å². The largest absolute Gasteiger partial charge is 0.334 e. The van der Waals surface area contributed by atoms with Crippen molar-refractivity contribution >= 4 is 5.69 Å². The number of nitro groups is 1. The van der Waals surface area contributed by atoms with E-state index in [1.807, 2.05) is 37.3 Å². The molecule has 0 atom stereocenters. The van der Waals surface area contributed by atoms with Gasteiger partial charge in [0.2, 0.25) is 0 Å². The molecule has 0 saturated heterocycles. The van der Waals surface area contributed by atoms with E-state index in [9.17, 15) is 10.1 Å². The second kappa shape index (κ2) is 8.35. The zero-order valence-electron chi connectivity index (χ0n) is 14.5. The second-order valence-corrected chi connectivity index (χ2v) is 5.92. The van der Waals surface area contributed by atoms with Crippen LogP contribution in [0.1, 0.15) is 23.9 Å². The van der Waals surface area contributed by atoms with Crippen LogP contribution in [0.2, 0.25) is 0 Å². The van der Waals surface area contributed by atoms with Crippen molar-refractivity contribution in [2.24, 2.45) is 0 Å². The lowest BCUT2D eigenvalue weighted by Gasteiger charge is -2.06. The summed E-state index contributed by atoms with van der Waals surface area (Å²) in [5, 5.41) is 18.0. The van der Waals surface area contributed by atoms with Gasteiger partial charge in [0.15, 0.2) is 5.82 Å². The average Bonchev–Trinajstić information content (AvgIpc) is 3.15. The first-order valence-corrected chi connectivity index (χ1v) is 8.51. The summed E-state index contributed by atoms with van der Waals surface area (Å²) in [6.07, 6.45) is 1.61. The fraction of sp³-hybridized carbons (Fsp3) is 0.263. The molecule has 7 heteroatoms. The zero-order chi connectivity index (χ0) is 18.4. The molecule has 2 aromatic carbocycles. The lowest BCUT2D eigenvalue weighted by atomic mass is 10.1. The monoisotopic (exact) mass is 352 g/mol. The van der Waals surface area contributed by atoms with E-state index >= 15 is 0 Å². The standard InChI is InChI=1S/C19H20N4O3/c1-2-18-21-19(26-22-18)16-8-6-14(7-9-16)10-11-20-13-15-4-3-5-17(12-15)23(24)25/h3-9,12,20H,2,10-11,13H2,1H3. The number of hydrogen-bond acceptors (Lipinski definition) is 6. The number of non-ortho nitro benzene ring substituents is 1. The first kappa shape index (κ1) is 17.8. The average molecular weight is 352 g/mol. The van der Waals surface area contributed by atoms with Crippen LogP contribution < -0.4 is 5.32 Å². The van der Waals surface area contributed by atoms with Crippen molar-refractivity contribution in [3.8, 4) is 11.5 Å². The molecule has 0 aliphatic heterocycles.